The number of nitrogens with zero attached hydrogens (tertiary/aromatic N) is 4. The van der Waals surface area contributed by atoms with E-state index in [-0.39, 0.29) is 42.7 Å². The first-order valence-electron chi connectivity index (χ1n) is 7.13. The number of rotatable bonds is 4. The number of amides is 1. The number of nitrogens with two attached hydrogens (primary N) is 1. The molecule has 6 nitrogen and oxygen atoms in total. The van der Waals surface area contributed by atoms with Gasteiger partial charge in [-0.2, -0.15) is 5.10 Å². The van der Waals surface area contributed by atoms with E-state index in [4.69, 9.17) is 5.73 Å². The van der Waals surface area contributed by atoms with Gasteiger partial charge in [0.25, 0.3) is 0 Å². The topological polar surface area (TPSA) is 75.4 Å². The standard InChI is InChI=1S/C14H23N5O.2ClH/c1-11(9-15)14(20)18(2)12-5-4-8-19(10-12)13-6-3-7-16-17-13;;/h3,6-7,11-12H,4-5,8-10,15H2,1-2H3;2*1H. The highest BCUT2D eigenvalue weighted by atomic mass is 35.5. The minimum Gasteiger partial charge on any atom is -0.353 e. The fourth-order valence-electron chi connectivity index (χ4n) is 2.57. The van der Waals surface area contributed by atoms with Gasteiger partial charge in [0.05, 0.1) is 0 Å². The van der Waals surface area contributed by atoms with Crippen molar-refractivity contribution in [2.24, 2.45) is 11.7 Å². The van der Waals surface area contributed by atoms with Crippen molar-refractivity contribution >= 4 is 36.5 Å². The predicted octanol–water partition coefficient (Wildman–Crippen LogP) is 1.34. The van der Waals surface area contributed by atoms with E-state index in [0.717, 1.165) is 31.7 Å². The van der Waals surface area contributed by atoms with Gasteiger partial charge >= 0.3 is 0 Å². The van der Waals surface area contributed by atoms with Gasteiger partial charge in [-0.1, -0.05) is 6.92 Å². The summed E-state index contributed by atoms with van der Waals surface area (Å²) in [5.74, 6) is 0.885. The van der Waals surface area contributed by atoms with E-state index in [1.54, 1.807) is 6.20 Å². The molecule has 1 aromatic heterocycles. The molecule has 2 rings (SSSR count). The van der Waals surface area contributed by atoms with Crippen LogP contribution in [0.15, 0.2) is 18.3 Å². The van der Waals surface area contributed by atoms with E-state index in [1.807, 2.05) is 31.0 Å². The van der Waals surface area contributed by atoms with Crippen LogP contribution in [0.5, 0.6) is 0 Å². The monoisotopic (exact) mass is 349 g/mol. The van der Waals surface area contributed by atoms with Crippen LogP contribution >= 0.6 is 24.8 Å². The molecule has 2 unspecified atom stereocenters. The lowest BCUT2D eigenvalue weighted by atomic mass is 10.0. The summed E-state index contributed by atoms with van der Waals surface area (Å²) < 4.78 is 0. The molecule has 1 fully saturated rings. The van der Waals surface area contributed by atoms with Crippen LogP contribution in [-0.4, -0.2) is 53.7 Å². The minimum atomic E-state index is -0.119. The number of hydrogen-bond donors (Lipinski definition) is 1. The highest BCUT2D eigenvalue weighted by Gasteiger charge is 2.28. The normalized spacial score (nSPS) is 18.7. The second-order valence-corrected chi connectivity index (χ2v) is 5.41. The smallest absolute Gasteiger partial charge is 0.226 e. The van der Waals surface area contributed by atoms with Crippen molar-refractivity contribution in [1.82, 2.24) is 15.1 Å². The van der Waals surface area contributed by atoms with E-state index in [2.05, 4.69) is 15.1 Å². The second kappa shape index (κ2) is 9.82. The van der Waals surface area contributed by atoms with Crippen molar-refractivity contribution in [3.8, 4) is 0 Å². The third-order valence-electron chi connectivity index (χ3n) is 3.95. The van der Waals surface area contributed by atoms with E-state index < -0.39 is 0 Å². The Morgan fingerprint density at radius 3 is 2.86 bits per heavy atom. The predicted molar refractivity (Wildman–Crippen MR) is 92.8 cm³/mol. The van der Waals surface area contributed by atoms with Gasteiger partial charge < -0.3 is 15.5 Å². The first-order chi connectivity index (χ1) is 9.63. The number of halogens is 2. The van der Waals surface area contributed by atoms with Gasteiger partial charge in [0, 0.05) is 44.8 Å². The molecule has 0 saturated carbocycles. The summed E-state index contributed by atoms with van der Waals surface area (Å²) in [5.41, 5.74) is 5.58. The highest BCUT2D eigenvalue weighted by molar-refractivity contribution is 5.85. The Morgan fingerprint density at radius 2 is 2.27 bits per heavy atom. The first kappa shape index (κ1) is 20.9. The van der Waals surface area contributed by atoms with E-state index in [9.17, 15) is 4.79 Å². The molecule has 1 aliphatic heterocycles. The average Bonchev–Trinajstić information content (AvgIpc) is 2.53. The number of aromatic nitrogens is 2. The summed E-state index contributed by atoms with van der Waals surface area (Å²) in [6, 6.07) is 4.06. The lowest BCUT2D eigenvalue weighted by Crippen LogP contribution is -2.50. The van der Waals surface area contributed by atoms with Gasteiger partial charge in [-0.3, -0.25) is 4.79 Å². The molecular formula is C14H25Cl2N5O. The van der Waals surface area contributed by atoms with Crippen molar-refractivity contribution in [2.45, 2.75) is 25.8 Å². The van der Waals surface area contributed by atoms with E-state index >= 15 is 0 Å². The summed E-state index contributed by atoms with van der Waals surface area (Å²) in [4.78, 5) is 16.3. The summed E-state index contributed by atoms with van der Waals surface area (Å²) in [5, 5.41) is 8.06. The highest BCUT2D eigenvalue weighted by Crippen LogP contribution is 2.20. The molecule has 1 aromatic rings. The van der Waals surface area contributed by atoms with Gasteiger partial charge in [0.15, 0.2) is 5.82 Å². The Labute approximate surface area is 144 Å². The Morgan fingerprint density at radius 1 is 1.55 bits per heavy atom. The van der Waals surface area contributed by atoms with Crippen molar-refractivity contribution in [2.75, 3.05) is 31.6 Å². The Bertz CT molecular complexity index is 448. The zero-order valence-corrected chi connectivity index (χ0v) is 14.6. The molecular weight excluding hydrogens is 325 g/mol. The molecule has 1 saturated heterocycles. The molecule has 2 atom stereocenters. The summed E-state index contributed by atoms with van der Waals surface area (Å²) in [6.07, 6.45) is 3.75. The quantitative estimate of drug-likeness (QED) is 0.887. The molecule has 0 bridgehead atoms. The molecule has 126 valence electrons. The minimum absolute atomic E-state index is 0. The summed E-state index contributed by atoms with van der Waals surface area (Å²) >= 11 is 0. The second-order valence-electron chi connectivity index (χ2n) is 5.41. The molecule has 2 heterocycles. The fourth-order valence-corrected chi connectivity index (χ4v) is 2.57. The first-order valence-corrected chi connectivity index (χ1v) is 7.13. The van der Waals surface area contributed by atoms with E-state index in [0.29, 0.717) is 6.54 Å². The molecule has 8 heteroatoms. The lowest BCUT2D eigenvalue weighted by molar-refractivity contribution is -0.135. The van der Waals surface area contributed by atoms with Crippen LogP contribution < -0.4 is 10.6 Å². The van der Waals surface area contributed by atoms with Crippen molar-refractivity contribution in [1.29, 1.82) is 0 Å². The van der Waals surface area contributed by atoms with Crippen LogP contribution in [0.1, 0.15) is 19.8 Å². The van der Waals surface area contributed by atoms with Crippen LogP contribution in [0, 0.1) is 5.92 Å². The molecule has 0 spiro atoms. The summed E-state index contributed by atoms with van der Waals surface area (Å²) in [7, 11) is 1.87. The van der Waals surface area contributed by atoms with Gasteiger partial charge in [-0.15, -0.1) is 29.9 Å². The van der Waals surface area contributed by atoms with Gasteiger partial charge in [0.2, 0.25) is 5.91 Å². The van der Waals surface area contributed by atoms with E-state index in [1.165, 1.54) is 0 Å². The van der Waals surface area contributed by atoms with Crippen molar-refractivity contribution in [3.63, 3.8) is 0 Å². The number of carbonyl (C=O) groups excluding carboxylic acids is 1. The number of carbonyl (C=O) groups is 1. The Hall–Kier alpha value is -1.11. The third kappa shape index (κ3) is 4.97. The van der Waals surface area contributed by atoms with Gasteiger partial charge in [0.1, 0.15) is 0 Å². The van der Waals surface area contributed by atoms with Gasteiger partial charge in [-0.25, -0.2) is 0 Å². The molecule has 1 amide bonds. The largest absolute Gasteiger partial charge is 0.353 e. The SMILES string of the molecule is CC(CN)C(=O)N(C)C1CCCN(c2cccnn2)C1.Cl.Cl. The maximum absolute atomic E-state index is 12.2. The van der Waals surface area contributed by atoms with Gasteiger partial charge in [-0.05, 0) is 25.0 Å². The Kier molecular flexibility index (Phi) is 9.32. The fraction of sp³-hybridized carbons (Fsp3) is 0.643. The van der Waals surface area contributed by atoms with Crippen LogP contribution in [0.4, 0.5) is 5.82 Å². The number of likely N-dealkylation sites (N-methyl/N-ethyl adjacent to an activating group) is 1. The molecule has 0 aliphatic carbocycles. The zero-order valence-electron chi connectivity index (χ0n) is 13.0. The molecule has 2 N–H and O–H groups in total. The average molecular weight is 350 g/mol. The maximum atomic E-state index is 12.2. The van der Waals surface area contributed by atoms with Crippen molar-refractivity contribution < 1.29 is 4.79 Å². The zero-order chi connectivity index (χ0) is 14.5. The van der Waals surface area contributed by atoms with Crippen LogP contribution in [0.3, 0.4) is 0 Å². The number of piperidine rings is 1. The Balaban J connectivity index is 0.00000220. The van der Waals surface area contributed by atoms with Crippen LogP contribution in [0.25, 0.3) is 0 Å². The van der Waals surface area contributed by atoms with Crippen LogP contribution in [-0.2, 0) is 4.79 Å². The molecule has 22 heavy (non-hydrogen) atoms. The maximum Gasteiger partial charge on any atom is 0.226 e. The number of anilines is 1. The third-order valence-corrected chi connectivity index (χ3v) is 3.95. The molecule has 0 aromatic carbocycles. The summed E-state index contributed by atoms with van der Waals surface area (Å²) in [6.45, 7) is 4.04. The van der Waals surface area contributed by atoms with Crippen LogP contribution in [0.2, 0.25) is 0 Å². The molecule has 1 aliphatic rings. The van der Waals surface area contributed by atoms with Crippen molar-refractivity contribution in [3.05, 3.63) is 18.3 Å². The molecule has 0 radical (unpaired) electrons. The number of hydrogen-bond acceptors (Lipinski definition) is 5. The lowest BCUT2D eigenvalue weighted by Gasteiger charge is -2.38.